The number of nitrogens with zero attached hydrogens (tertiary/aromatic N) is 1. The summed E-state index contributed by atoms with van der Waals surface area (Å²) in [5.74, 6) is -0.959. The molecule has 0 aliphatic carbocycles. The van der Waals surface area contributed by atoms with E-state index in [1.807, 2.05) is 17.5 Å². The zero-order chi connectivity index (χ0) is 19.2. The summed E-state index contributed by atoms with van der Waals surface area (Å²) in [5.41, 5.74) is 0.937. The topological polar surface area (TPSA) is 84.9 Å². The number of rotatable bonds is 6. The highest BCUT2D eigenvalue weighted by atomic mass is 32.1. The molecule has 1 aliphatic heterocycles. The highest BCUT2D eigenvalue weighted by Gasteiger charge is 2.34. The minimum atomic E-state index is -0.710. The van der Waals surface area contributed by atoms with Gasteiger partial charge in [-0.3, -0.25) is 9.59 Å². The van der Waals surface area contributed by atoms with Crippen molar-refractivity contribution in [2.24, 2.45) is 0 Å². The molecule has 1 unspecified atom stereocenters. The molecule has 3 rings (SSSR count). The zero-order valence-corrected chi connectivity index (χ0v) is 15.7. The van der Waals surface area contributed by atoms with Crippen LogP contribution in [-0.4, -0.2) is 48.5 Å². The van der Waals surface area contributed by atoms with Crippen molar-refractivity contribution in [2.75, 3.05) is 25.1 Å². The quantitative estimate of drug-likeness (QED) is 0.768. The summed E-state index contributed by atoms with van der Waals surface area (Å²) in [7, 11) is 0. The number of anilines is 1. The number of hydrogen-bond acceptors (Lipinski definition) is 6. The molecule has 2 aromatic rings. The fourth-order valence-electron chi connectivity index (χ4n) is 2.72. The van der Waals surface area contributed by atoms with E-state index in [1.165, 1.54) is 16.2 Å². The van der Waals surface area contributed by atoms with Gasteiger partial charge in [0, 0.05) is 10.6 Å². The number of carbonyl (C=O) groups is 3. The van der Waals surface area contributed by atoms with Crippen molar-refractivity contribution in [3.8, 4) is 0 Å². The molecule has 1 aromatic carbocycles. The van der Waals surface area contributed by atoms with Gasteiger partial charge in [-0.2, -0.15) is 0 Å². The number of carbonyl (C=O) groups excluding carboxylic acids is 3. The van der Waals surface area contributed by atoms with Crippen LogP contribution in [0.4, 0.5) is 5.69 Å². The first-order valence-corrected chi connectivity index (χ1v) is 9.44. The van der Waals surface area contributed by atoms with Gasteiger partial charge < -0.3 is 19.7 Å². The summed E-state index contributed by atoms with van der Waals surface area (Å²) in [6.07, 6.45) is 0. The van der Waals surface area contributed by atoms with Crippen molar-refractivity contribution in [1.29, 1.82) is 0 Å². The van der Waals surface area contributed by atoms with Crippen molar-refractivity contribution in [2.45, 2.75) is 19.5 Å². The lowest BCUT2D eigenvalue weighted by molar-refractivity contribution is -0.153. The van der Waals surface area contributed by atoms with Gasteiger partial charge in [-0.25, -0.2) is 4.79 Å². The largest absolute Gasteiger partial charge is 0.462 e. The van der Waals surface area contributed by atoms with Crippen LogP contribution in [0.15, 0.2) is 41.8 Å². The van der Waals surface area contributed by atoms with Gasteiger partial charge in [-0.1, -0.05) is 6.07 Å². The molecule has 0 spiro atoms. The van der Waals surface area contributed by atoms with Crippen molar-refractivity contribution < 1.29 is 23.9 Å². The number of benzene rings is 1. The summed E-state index contributed by atoms with van der Waals surface area (Å²) in [4.78, 5) is 39.2. The normalized spacial score (nSPS) is 16.9. The van der Waals surface area contributed by atoms with Gasteiger partial charge in [0.1, 0.15) is 12.6 Å². The van der Waals surface area contributed by atoms with Crippen molar-refractivity contribution in [3.63, 3.8) is 0 Å². The zero-order valence-electron chi connectivity index (χ0n) is 14.8. The Morgan fingerprint density at radius 2 is 2.07 bits per heavy atom. The van der Waals surface area contributed by atoms with Crippen LogP contribution in [0.5, 0.6) is 0 Å². The lowest BCUT2D eigenvalue weighted by Crippen LogP contribution is -2.54. The van der Waals surface area contributed by atoms with E-state index in [2.05, 4.69) is 5.32 Å². The summed E-state index contributed by atoms with van der Waals surface area (Å²) < 4.78 is 10.2. The van der Waals surface area contributed by atoms with Crippen LogP contribution in [0.3, 0.4) is 0 Å². The van der Waals surface area contributed by atoms with Crippen LogP contribution < -0.4 is 5.32 Å². The van der Waals surface area contributed by atoms with Crippen LogP contribution in [0.1, 0.15) is 22.2 Å². The predicted molar refractivity (Wildman–Crippen MR) is 101 cm³/mol. The van der Waals surface area contributed by atoms with Gasteiger partial charge in [-0.05, 0) is 42.6 Å². The summed E-state index contributed by atoms with van der Waals surface area (Å²) in [6.45, 7) is 2.53. The molecule has 27 heavy (non-hydrogen) atoms. The Labute approximate surface area is 160 Å². The van der Waals surface area contributed by atoms with Crippen molar-refractivity contribution in [3.05, 3.63) is 52.2 Å². The molecule has 7 nitrogen and oxygen atoms in total. The summed E-state index contributed by atoms with van der Waals surface area (Å²) >= 11 is 1.53. The second-order valence-electron chi connectivity index (χ2n) is 5.92. The van der Waals surface area contributed by atoms with Crippen LogP contribution in [0.25, 0.3) is 0 Å². The molecular formula is C19H20N2O5S. The van der Waals surface area contributed by atoms with Crippen LogP contribution >= 0.6 is 11.3 Å². The third-order valence-electron chi connectivity index (χ3n) is 4.07. The standard InChI is InChI=1S/C19H20N2O5S/c1-2-26-19(24)13-5-7-14(8-6-13)20-18(23)16-11-25-12-17(22)21(16)10-15-4-3-9-27-15/h3-9,16H,2,10-12H2,1H3,(H,20,23). The number of morpholine rings is 1. The number of thiophene rings is 1. The van der Waals surface area contributed by atoms with Crippen LogP contribution in [0, 0.1) is 0 Å². The molecule has 1 N–H and O–H groups in total. The van der Waals surface area contributed by atoms with Gasteiger partial charge in [0.25, 0.3) is 0 Å². The Balaban J connectivity index is 1.67. The van der Waals surface area contributed by atoms with E-state index in [4.69, 9.17) is 9.47 Å². The number of hydrogen-bond donors (Lipinski definition) is 1. The minimum absolute atomic E-state index is 0.0244. The van der Waals surface area contributed by atoms with Crippen molar-refractivity contribution in [1.82, 2.24) is 4.90 Å². The summed E-state index contributed by atoms with van der Waals surface area (Å²) in [5, 5.41) is 4.71. The molecule has 0 saturated carbocycles. The predicted octanol–water partition coefficient (Wildman–Crippen LogP) is 2.29. The lowest BCUT2D eigenvalue weighted by Gasteiger charge is -2.34. The maximum absolute atomic E-state index is 12.7. The first-order chi connectivity index (χ1) is 13.1. The Bertz CT molecular complexity index is 804. The molecular weight excluding hydrogens is 368 g/mol. The Morgan fingerprint density at radius 3 is 2.74 bits per heavy atom. The van der Waals surface area contributed by atoms with Crippen LogP contribution in [-0.2, 0) is 25.6 Å². The molecule has 8 heteroatoms. The molecule has 1 fully saturated rings. The third kappa shape index (κ3) is 4.72. The molecule has 1 saturated heterocycles. The maximum Gasteiger partial charge on any atom is 0.338 e. The SMILES string of the molecule is CCOC(=O)c1ccc(NC(=O)C2COCC(=O)N2Cc2cccs2)cc1. The average molecular weight is 388 g/mol. The first kappa shape index (κ1) is 19.1. The first-order valence-electron chi connectivity index (χ1n) is 8.56. The molecule has 2 heterocycles. The minimum Gasteiger partial charge on any atom is -0.462 e. The van der Waals surface area contributed by atoms with E-state index in [-0.39, 0.29) is 25.0 Å². The van der Waals surface area contributed by atoms with Gasteiger partial charge in [0.15, 0.2) is 0 Å². The van der Waals surface area contributed by atoms with Gasteiger partial charge >= 0.3 is 5.97 Å². The van der Waals surface area contributed by atoms with E-state index >= 15 is 0 Å². The van der Waals surface area contributed by atoms with Gasteiger partial charge in [-0.15, -0.1) is 11.3 Å². The second-order valence-corrected chi connectivity index (χ2v) is 6.95. The monoisotopic (exact) mass is 388 g/mol. The van der Waals surface area contributed by atoms with E-state index in [9.17, 15) is 14.4 Å². The Kier molecular flexibility index (Phi) is 6.20. The van der Waals surface area contributed by atoms with E-state index in [0.29, 0.717) is 24.4 Å². The van der Waals surface area contributed by atoms with Crippen molar-refractivity contribution >= 4 is 34.8 Å². The number of esters is 1. The lowest BCUT2D eigenvalue weighted by atomic mass is 10.1. The number of nitrogens with one attached hydrogen (secondary N) is 1. The van der Waals surface area contributed by atoms with E-state index in [1.54, 1.807) is 31.2 Å². The highest BCUT2D eigenvalue weighted by Crippen LogP contribution is 2.19. The average Bonchev–Trinajstić information content (AvgIpc) is 3.17. The smallest absolute Gasteiger partial charge is 0.338 e. The molecule has 1 atom stereocenters. The van der Waals surface area contributed by atoms with E-state index in [0.717, 1.165) is 4.88 Å². The fraction of sp³-hybridized carbons (Fsp3) is 0.316. The molecule has 1 aliphatic rings. The van der Waals surface area contributed by atoms with Gasteiger partial charge in [0.2, 0.25) is 11.8 Å². The molecule has 142 valence electrons. The fourth-order valence-corrected chi connectivity index (χ4v) is 3.42. The molecule has 2 amide bonds. The van der Waals surface area contributed by atoms with E-state index < -0.39 is 12.0 Å². The maximum atomic E-state index is 12.7. The molecule has 0 bridgehead atoms. The molecule has 1 aromatic heterocycles. The van der Waals surface area contributed by atoms with Crippen LogP contribution in [0.2, 0.25) is 0 Å². The highest BCUT2D eigenvalue weighted by molar-refractivity contribution is 7.09. The Hall–Kier alpha value is -2.71. The molecule has 0 radical (unpaired) electrons. The second kappa shape index (κ2) is 8.79. The summed E-state index contributed by atoms with van der Waals surface area (Å²) in [6, 6.07) is 9.54. The Morgan fingerprint density at radius 1 is 1.30 bits per heavy atom. The van der Waals surface area contributed by atoms with Gasteiger partial charge in [0.05, 0.1) is 25.3 Å². The number of amides is 2. The number of ether oxygens (including phenoxy) is 2. The third-order valence-corrected chi connectivity index (χ3v) is 4.93.